The van der Waals surface area contributed by atoms with E-state index in [4.69, 9.17) is 4.74 Å². The molecule has 0 bridgehead atoms. The van der Waals surface area contributed by atoms with Crippen LogP contribution in [0.4, 0.5) is 4.79 Å². The van der Waals surface area contributed by atoms with E-state index in [9.17, 15) is 19.5 Å². The van der Waals surface area contributed by atoms with Crippen molar-refractivity contribution in [3.63, 3.8) is 0 Å². The highest BCUT2D eigenvalue weighted by Gasteiger charge is 2.37. The third kappa shape index (κ3) is 4.65. The molecule has 0 radical (unpaired) electrons. The van der Waals surface area contributed by atoms with E-state index in [2.05, 4.69) is 29.6 Å². The number of carbonyl (C=O) groups excluding carboxylic acids is 2. The molecule has 1 aliphatic heterocycles. The van der Waals surface area contributed by atoms with Crippen molar-refractivity contribution < 1.29 is 24.2 Å². The van der Waals surface area contributed by atoms with Crippen LogP contribution in [0.5, 0.6) is 0 Å². The summed E-state index contributed by atoms with van der Waals surface area (Å²) in [4.78, 5) is 38.8. The highest BCUT2D eigenvalue weighted by Crippen LogP contribution is 2.44. The highest BCUT2D eigenvalue weighted by molar-refractivity contribution is 5.82. The summed E-state index contributed by atoms with van der Waals surface area (Å²) in [6.45, 7) is 4.61. The van der Waals surface area contributed by atoms with Gasteiger partial charge in [0.2, 0.25) is 5.91 Å². The Bertz CT molecular complexity index is 1020. The number of hydrogen-bond acceptors (Lipinski definition) is 4. The molecule has 180 valence electrons. The Kier molecular flexibility index (Phi) is 7.20. The van der Waals surface area contributed by atoms with Crippen LogP contribution in [0.3, 0.4) is 0 Å². The number of alkyl carbamates (subject to hydrolysis) is 1. The fourth-order valence-electron chi connectivity index (χ4n) is 5.28. The smallest absolute Gasteiger partial charge is 0.407 e. The molecule has 1 fully saturated rings. The highest BCUT2D eigenvalue weighted by atomic mass is 16.5. The SMILES string of the molecule is CCC(CNC(=O)OCC1c2ccccc2-c2ccccc21)C(=O)N1CCCC(C(=O)O)C1C. The minimum absolute atomic E-state index is 0.0242. The van der Waals surface area contributed by atoms with E-state index in [1.165, 1.54) is 11.1 Å². The number of hydrogen-bond donors (Lipinski definition) is 2. The Morgan fingerprint density at radius 2 is 1.71 bits per heavy atom. The molecule has 0 spiro atoms. The van der Waals surface area contributed by atoms with Crippen LogP contribution >= 0.6 is 0 Å². The van der Waals surface area contributed by atoms with Crippen LogP contribution in [-0.4, -0.2) is 53.7 Å². The number of carboxylic acids is 1. The molecule has 3 atom stereocenters. The van der Waals surface area contributed by atoms with Gasteiger partial charge >= 0.3 is 12.1 Å². The quantitative estimate of drug-likeness (QED) is 0.638. The molecule has 0 saturated carbocycles. The first-order valence-electron chi connectivity index (χ1n) is 12.0. The first-order valence-corrected chi connectivity index (χ1v) is 12.0. The van der Waals surface area contributed by atoms with Gasteiger partial charge < -0.3 is 20.1 Å². The molecular formula is C27H32N2O5. The number of fused-ring (bicyclic) bond motifs is 3. The molecule has 4 rings (SSSR count). The van der Waals surface area contributed by atoms with Gasteiger partial charge in [0.15, 0.2) is 0 Å². The molecule has 7 nitrogen and oxygen atoms in total. The average Bonchev–Trinajstić information content (AvgIpc) is 3.16. The Hall–Kier alpha value is -3.35. The van der Waals surface area contributed by atoms with E-state index in [0.29, 0.717) is 25.8 Å². The molecule has 7 heteroatoms. The molecule has 1 saturated heterocycles. The summed E-state index contributed by atoms with van der Waals surface area (Å²) in [5, 5.41) is 12.2. The van der Waals surface area contributed by atoms with Gasteiger partial charge in [-0.25, -0.2) is 4.79 Å². The number of rotatable bonds is 7. The summed E-state index contributed by atoms with van der Waals surface area (Å²) >= 11 is 0. The van der Waals surface area contributed by atoms with E-state index in [0.717, 1.165) is 11.1 Å². The van der Waals surface area contributed by atoms with Crippen molar-refractivity contribution in [1.29, 1.82) is 0 Å². The zero-order valence-corrected chi connectivity index (χ0v) is 19.7. The number of benzene rings is 2. The predicted molar refractivity (Wildman–Crippen MR) is 128 cm³/mol. The molecule has 2 N–H and O–H groups in total. The van der Waals surface area contributed by atoms with Gasteiger partial charge in [0.25, 0.3) is 0 Å². The standard InChI is InChI=1S/C27H32N2O5/c1-3-18(25(30)29-14-8-13-19(17(29)2)26(31)32)15-28-27(33)34-16-24-22-11-6-4-9-20(22)21-10-5-7-12-23(21)24/h4-7,9-12,17-19,24H,3,8,13-16H2,1-2H3,(H,28,33)(H,31,32). The van der Waals surface area contributed by atoms with Gasteiger partial charge in [0, 0.05) is 25.0 Å². The number of carbonyl (C=O) groups is 3. The Morgan fingerprint density at radius 3 is 2.29 bits per heavy atom. The maximum Gasteiger partial charge on any atom is 0.407 e. The van der Waals surface area contributed by atoms with Crippen molar-refractivity contribution in [3.05, 3.63) is 59.7 Å². The molecule has 1 heterocycles. The fourth-order valence-corrected chi connectivity index (χ4v) is 5.28. The predicted octanol–water partition coefficient (Wildman–Crippen LogP) is 4.26. The molecule has 2 aromatic rings. The second kappa shape index (κ2) is 10.3. The van der Waals surface area contributed by atoms with Crippen LogP contribution in [0.2, 0.25) is 0 Å². The monoisotopic (exact) mass is 464 g/mol. The molecule has 34 heavy (non-hydrogen) atoms. The number of amides is 2. The van der Waals surface area contributed by atoms with Crippen molar-refractivity contribution in [2.75, 3.05) is 19.7 Å². The number of carboxylic acid groups (broad SMARTS) is 1. The molecule has 2 amide bonds. The molecule has 2 aliphatic rings. The molecule has 0 aromatic heterocycles. The minimum Gasteiger partial charge on any atom is -0.481 e. The van der Waals surface area contributed by atoms with Crippen molar-refractivity contribution in [1.82, 2.24) is 10.2 Å². The van der Waals surface area contributed by atoms with Crippen LogP contribution in [-0.2, 0) is 14.3 Å². The van der Waals surface area contributed by atoms with E-state index in [-0.39, 0.29) is 31.0 Å². The van der Waals surface area contributed by atoms with Crippen molar-refractivity contribution in [2.45, 2.75) is 45.1 Å². The summed E-state index contributed by atoms with van der Waals surface area (Å²) in [6.07, 6.45) is 1.24. The number of nitrogens with zero attached hydrogens (tertiary/aromatic N) is 1. The van der Waals surface area contributed by atoms with Gasteiger partial charge in [-0.15, -0.1) is 0 Å². The summed E-state index contributed by atoms with van der Waals surface area (Å²) in [5.74, 6) is -1.97. The van der Waals surface area contributed by atoms with Crippen molar-refractivity contribution in [3.8, 4) is 11.1 Å². The number of piperidine rings is 1. The summed E-state index contributed by atoms with van der Waals surface area (Å²) in [7, 11) is 0. The van der Waals surface area contributed by atoms with Gasteiger partial charge in [0.05, 0.1) is 11.8 Å². The normalized spacial score (nSPS) is 20.2. The third-order valence-electron chi connectivity index (χ3n) is 7.27. The van der Waals surface area contributed by atoms with Gasteiger partial charge in [-0.05, 0) is 48.4 Å². The lowest BCUT2D eigenvalue weighted by Gasteiger charge is -2.39. The summed E-state index contributed by atoms with van der Waals surface area (Å²) < 4.78 is 5.58. The van der Waals surface area contributed by atoms with E-state index in [1.807, 2.05) is 31.2 Å². The van der Waals surface area contributed by atoms with E-state index in [1.54, 1.807) is 11.8 Å². The summed E-state index contributed by atoms with van der Waals surface area (Å²) in [6, 6.07) is 15.9. The Labute approximate surface area is 200 Å². The van der Waals surface area contributed by atoms with Crippen LogP contribution < -0.4 is 5.32 Å². The molecule has 2 aromatic carbocycles. The van der Waals surface area contributed by atoms with Gasteiger partial charge in [-0.2, -0.15) is 0 Å². The zero-order chi connectivity index (χ0) is 24.2. The van der Waals surface area contributed by atoms with Crippen LogP contribution in [0.1, 0.15) is 50.2 Å². The maximum atomic E-state index is 13.1. The minimum atomic E-state index is -0.866. The maximum absolute atomic E-state index is 13.1. The largest absolute Gasteiger partial charge is 0.481 e. The first kappa shape index (κ1) is 23.8. The molecule has 1 aliphatic carbocycles. The second-order valence-corrected chi connectivity index (χ2v) is 9.17. The van der Waals surface area contributed by atoms with Crippen LogP contribution in [0.15, 0.2) is 48.5 Å². The Morgan fingerprint density at radius 1 is 1.09 bits per heavy atom. The Balaban J connectivity index is 1.34. The number of nitrogens with one attached hydrogen (secondary N) is 1. The van der Waals surface area contributed by atoms with Gasteiger partial charge in [-0.1, -0.05) is 55.5 Å². The van der Waals surface area contributed by atoms with Gasteiger partial charge in [-0.3, -0.25) is 9.59 Å². The number of ether oxygens (including phenoxy) is 1. The number of likely N-dealkylation sites (tertiary alicyclic amines) is 1. The van der Waals surface area contributed by atoms with Gasteiger partial charge in [0.1, 0.15) is 6.61 Å². The summed E-state index contributed by atoms with van der Waals surface area (Å²) in [5.41, 5.74) is 4.62. The van der Waals surface area contributed by atoms with Crippen molar-refractivity contribution in [2.24, 2.45) is 11.8 Å². The lowest BCUT2D eigenvalue weighted by molar-refractivity contribution is -0.150. The van der Waals surface area contributed by atoms with E-state index < -0.39 is 23.9 Å². The first-order chi connectivity index (χ1) is 16.4. The fraction of sp³-hybridized carbons (Fsp3) is 0.444. The zero-order valence-electron chi connectivity index (χ0n) is 19.7. The lowest BCUT2D eigenvalue weighted by atomic mass is 9.89. The number of aliphatic carboxylic acids is 1. The van der Waals surface area contributed by atoms with Crippen LogP contribution in [0, 0.1) is 11.8 Å². The average molecular weight is 465 g/mol. The topological polar surface area (TPSA) is 95.9 Å². The lowest BCUT2D eigenvalue weighted by Crippen LogP contribution is -2.52. The van der Waals surface area contributed by atoms with Crippen LogP contribution in [0.25, 0.3) is 11.1 Å². The molecular weight excluding hydrogens is 432 g/mol. The van der Waals surface area contributed by atoms with E-state index >= 15 is 0 Å². The molecule has 3 unspecified atom stereocenters. The second-order valence-electron chi connectivity index (χ2n) is 9.17. The van der Waals surface area contributed by atoms with Crippen molar-refractivity contribution >= 4 is 18.0 Å². The third-order valence-corrected chi connectivity index (χ3v) is 7.27.